The number of hydrogen-bond donors (Lipinski definition) is 1. The third-order valence-corrected chi connectivity index (χ3v) is 2.11. The summed E-state index contributed by atoms with van der Waals surface area (Å²) in [5.74, 6) is -1.70. The lowest BCUT2D eigenvalue weighted by atomic mass is 10.0. The van der Waals surface area contributed by atoms with E-state index in [2.05, 4.69) is 10.1 Å². The minimum atomic E-state index is -0.716. The zero-order valence-electron chi connectivity index (χ0n) is 10.2. The van der Waals surface area contributed by atoms with Crippen molar-refractivity contribution >= 4 is 17.7 Å². The molecule has 5 nitrogen and oxygen atoms in total. The highest BCUT2D eigenvalue weighted by Crippen LogP contribution is 2.04. The van der Waals surface area contributed by atoms with E-state index in [1.165, 1.54) is 14.0 Å². The summed E-state index contributed by atoms with van der Waals surface area (Å²) in [6, 6.07) is 0.00311. The molecule has 1 N–H and O–H groups in total. The summed E-state index contributed by atoms with van der Waals surface area (Å²) in [6.45, 7) is 5.18. The number of ketones is 1. The van der Waals surface area contributed by atoms with Crippen LogP contribution in [0.4, 0.5) is 0 Å². The van der Waals surface area contributed by atoms with Gasteiger partial charge in [-0.15, -0.1) is 0 Å². The molecule has 5 heteroatoms. The van der Waals surface area contributed by atoms with Crippen LogP contribution in [0.25, 0.3) is 0 Å². The van der Waals surface area contributed by atoms with Crippen LogP contribution in [0.15, 0.2) is 0 Å². The number of hydrogen-bond acceptors (Lipinski definition) is 4. The van der Waals surface area contributed by atoms with Crippen molar-refractivity contribution in [2.24, 2.45) is 5.92 Å². The van der Waals surface area contributed by atoms with Gasteiger partial charge < -0.3 is 10.1 Å². The van der Waals surface area contributed by atoms with Crippen LogP contribution in [0, 0.1) is 5.92 Å². The molecule has 1 unspecified atom stereocenters. The van der Waals surface area contributed by atoms with Gasteiger partial charge in [0.25, 0.3) is 0 Å². The average Bonchev–Trinajstić information content (AvgIpc) is 2.23. The largest absolute Gasteiger partial charge is 0.469 e. The summed E-state index contributed by atoms with van der Waals surface area (Å²) in [4.78, 5) is 33.8. The first-order chi connectivity index (χ1) is 7.38. The maximum Gasteiger partial charge on any atom is 0.305 e. The Morgan fingerprint density at radius 2 is 1.69 bits per heavy atom. The number of rotatable bonds is 6. The summed E-state index contributed by atoms with van der Waals surface area (Å²) in [6.07, 6.45) is 0.0635. The molecule has 0 aromatic heterocycles. The van der Waals surface area contributed by atoms with E-state index in [0.717, 1.165) is 0 Å². The molecule has 92 valence electrons. The topological polar surface area (TPSA) is 72.5 Å². The number of carbonyl (C=O) groups excluding carboxylic acids is 3. The maximum absolute atomic E-state index is 11.5. The molecule has 16 heavy (non-hydrogen) atoms. The number of amides is 1. The lowest BCUT2D eigenvalue weighted by Gasteiger charge is -2.13. The Labute approximate surface area is 95.5 Å². The summed E-state index contributed by atoms with van der Waals surface area (Å²) >= 11 is 0. The van der Waals surface area contributed by atoms with Crippen molar-refractivity contribution in [2.45, 2.75) is 39.7 Å². The Morgan fingerprint density at radius 3 is 2.12 bits per heavy atom. The molecule has 0 spiro atoms. The molecular formula is C11H19NO4. The Kier molecular flexibility index (Phi) is 6.37. The molecule has 0 fully saturated rings. The van der Waals surface area contributed by atoms with Gasteiger partial charge in [0.2, 0.25) is 5.91 Å². The van der Waals surface area contributed by atoms with Gasteiger partial charge in [0.15, 0.2) is 0 Å². The van der Waals surface area contributed by atoms with Crippen LogP contribution >= 0.6 is 0 Å². The van der Waals surface area contributed by atoms with Gasteiger partial charge in [-0.05, 0) is 20.8 Å². The normalized spacial score (nSPS) is 12.1. The second-order valence-corrected chi connectivity index (χ2v) is 3.93. The van der Waals surface area contributed by atoms with Gasteiger partial charge in [-0.2, -0.15) is 0 Å². The van der Waals surface area contributed by atoms with Gasteiger partial charge in [0, 0.05) is 12.5 Å². The second kappa shape index (κ2) is 6.98. The van der Waals surface area contributed by atoms with Gasteiger partial charge in [-0.25, -0.2) is 0 Å². The van der Waals surface area contributed by atoms with Gasteiger partial charge >= 0.3 is 5.97 Å². The third kappa shape index (κ3) is 5.48. The number of methoxy groups -OCH3 is 1. The molecule has 0 aliphatic rings. The molecule has 0 radical (unpaired) electrons. The molecule has 0 saturated heterocycles. The fraction of sp³-hybridized carbons (Fsp3) is 0.727. The Morgan fingerprint density at radius 1 is 1.12 bits per heavy atom. The fourth-order valence-electron chi connectivity index (χ4n) is 1.10. The van der Waals surface area contributed by atoms with Gasteiger partial charge in [0.05, 0.1) is 19.4 Å². The minimum absolute atomic E-state index is 0.00311. The van der Waals surface area contributed by atoms with Gasteiger partial charge in [-0.3, -0.25) is 14.4 Å². The number of carbonyl (C=O) groups is 3. The zero-order valence-corrected chi connectivity index (χ0v) is 10.2. The van der Waals surface area contributed by atoms with E-state index in [4.69, 9.17) is 0 Å². The van der Waals surface area contributed by atoms with Crippen LogP contribution in [0.5, 0.6) is 0 Å². The van der Waals surface area contributed by atoms with Crippen molar-refractivity contribution in [1.29, 1.82) is 0 Å². The predicted octanol–water partition coefficient (Wildman–Crippen LogP) is 0.669. The number of ether oxygens (including phenoxy) is 1. The third-order valence-electron chi connectivity index (χ3n) is 2.11. The molecule has 0 bridgehead atoms. The highest BCUT2D eigenvalue weighted by atomic mass is 16.5. The van der Waals surface area contributed by atoms with Gasteiger partial charge in [0.1, 0.15) is 5.78 Å². The SMILES string of the molecule is COC(=O)CCC(=O)C(C)C(=O)NC(C)C. The summed E-state index contributed by atoms with van der Waals surface area (Å²) in [7, 11) is 1.27. The van der Waals surface area contributed by atoms with Crippen LogP contribution < -0.4 is 5.32 Å². The lowest BCUT2D eigenvalue weighted by molar-refractivity contribution is -0.143. The molecule has 0 saturated carbocycles. The first-order valence-electron chi connectivity index (χ1n) is 5.28. The molecule has 1 amide bonds. The molecule has 1 atom stereocenters. The van der Waals surface area contributed by atoms with E-state index in [-0.39, 0.29) is 30.6 Å². The van der Waals surface area contributed by atoms with E-state index in [0.29, 0.717) is 0 Å². The quantitative estimate of drug-likeness (QED) is 0.536. The van der Waals surface area contributed by atoms with E-state index in [1.54, 1.807) is 0 Å². The minimum Gasteiger partial charge on any atom is -0.469 e. The van der Waals surface area contributed by atoms with Gasteiger partial charge in [-0.1, -0.05) is 0 Å². The Hall–Kier alpha value is -1.39. The van der Waals surface area contributed by atoms with E-state index in [9.17, 15) is 14.4 Å². The molecule has 0 rings (SSSR count). The molecule has 0 aromatic rings. The Bertz CT molecular complexity index is 273. The molecule has 0 aromatic carbocycles. The monoisotopic (exact) mass is 229 g/mol. The summed E-state index contributed by atoms with van der Waals surface area (Å²) < 4.78 is 4.41. The van der Waals surface area contributed by atoms with Crippen LogP contribution in [0.1, 0.15) is 33.6 Å². The molecule has 0 heterocycles. The Balaban J connectivity index is 4.08. The summed E-state index contributed by atoms with van der Waals surface area (Å²) in [5.41, 5.74) is 0. The van der Waals surface area contributed by atoms with Crippen molar-refractivity contribution < 1.29 is 19.1 Å². The van der Waals surface area contributed by atoms with Crippen LogP contribution in [-0.2, 0) is 19.1 Å². The highest BCUT2D eigenvalue weighted by Gasteiger charge is 2.22. The molecular weight excluding hydrogens is 210 g/mol. The van der Waals surface area contributed by atoms with Crippen molar-refractivity contribution in [3.8, 4) is 0 Å². The maximum atomic E-state index is 11.5. The fourth-order valence-corrected chi connectivity index (χ4v) is 1.10. The number of Topliss-reactive ketones (excluding diaryl/α,β-unsaturated/α-hetero) is 1. The standard InChI is InChI=1S/C11H19NO4/c1-7(2)12-11(15)8(3)9(13)5-6-10(14)16-4/h7-8H,5-6H2,1-4H3,(H,12,15). The van der Waals surface area contributed by atoms with E-state index in [1.807, 2.05) is 13.8 Å². The molecule has 0 aliphatic carbocycles. The van der Waals surface area contributed by atoms with Crippen LogP contribution in [-0.4, -0.2) is 30.8 Å². The average molecular weight is 229 g/mol. The van der Waals surface area contributed by atoms with Crippen molar-refractivity contribution in [3.05, 3.63) is 0 Å². The predicted molar refractivity (Wildman–Crippen MR) is 58.7 cm³/mol. The second-order valence-electron chi connectivity index (χ2n) is 3.93. The van der Waals surface area contributed by atoms with E-state index >= 15 is 0 Å². The smallest absolute Gasteiger partial charge is 0.305 e. The zero-order chi connectivity index (χ0) is 12.7. The number of nitrogens with one attached hydrogen (secondary N) is 1. The molecule has 0 aliphatic heterocycles. The van der Waals surface area contributed by atoms with E-state index < -0.39 is 11.9 Å². The van der Waals surface area contributed by atoms with Crippen LogP contribution in [0.3, 0.4) is 0 Å². The van der Waals surface area contributed by atoms with Crippen molar-refractivity contribution in [3.63, 3.8) is 0 Å². The lowest BCUT2D eigenvalue weighted by Crippen LogP contribution is -2.37. The first-order valence-corrected chi connectivity index (χ1v) is 5.28. The summed E-state index contributed by atoms with van der Waals surface area (Å²) in [5, 5.41) is 2.65. The first kappa shape index (κ1) is 14.6. The van der Waals surface area contributed by atoms with Crippen molar-refractivity contribution in [1.82, 2.24) is 5.32 Å². The number of esters is 1. The van der Waals surface area contributed by atoms with Crippen molar-refractivity contribution in [2.75, 3.05) is 7.11 Å². The van der Waals surface area contributed by atoms with Crippen LogP contribution in [0.2, 0.25) is 0 Å². The highest BCUT2D eigenvalue weighted by molar-refractivity contribution is 6.01.